The molecule has 0 atom stereocenters. The van der Waals surface area contributed by atoms with E-state index in [1.165, 1.54) is 18.2 Å². The molecule has 1 amide bonds. The normalized spacial score (nSPS) is 10.7. The molecule has 0 spiro atoms. The molecule has 29 heavy (non-hydrogen) atoms. The van der Waals surface area contributed by atoms with Crippen LogP contribution in [-0.4, -0.2) is 16.0 Å². The van der Waals surface area contributed by atoms with Gasteiger partial charge in [-0.15, -0.1) is 11.3 Å². The van der Waals surface area contributed by atoms with Crippen molar-refractivity contribution in [3.05, 3.63) is 82.6 Å². The smallest absolute Gasteiger partial charge is 0.260 e. The fourth-order valence-corrected chi connectivity index (χ4v) is 4.32. The summed E-state index contributed by atoms with van der Waals surface area (Å²) in [4.78, 5) is 17.0. The zero-order valence-electron chi connectivity index (χ0n) is 14.8. The van der Waals surface area contributed by atoms with Crippen molar-refractivity contribution < 1.29 is 9.18 Å². The number of thiazole rings is 1. The minimum Gasteiger partial charge on any atom is -0.332 e. The van der Waals surface area contributed by atoms with Crippen LogP contribution in [0, 0.1) is 5.82 Å². The number of carbonyl (C=O) groups excluding carboxylic acids is 1. The minimum absolute atomic E-state index is 0.0705. The molecule has 0 unspecified atom stereocenters. The van der Waals surface area contributed by atoms with Crippen molar-refractivity contribution in [1.29, 1.82) is 0 Å². The third-order valence-electron chi connectivity index (χ3n) is 4.10. The highest BCUT2D eigenvalue weighted by Gasteiger charge is 2.15. The lowest BCUT2D eigenvalue weighted by molar-refractivity contribution is 0.0974. The van der Waals surface area contributed by atoms with Gasteiger partial charge in [-0.05, 0) is 54.7 Å². The summed E-state index contributed by atoms with van der Waals surface area (Å²) in [6, 6.07) is 19.3. The lowest BCUT2D eigenvalue weighted by Gasteiger charge is -2.13. The van der Waals surface area contributed by atoms with E-state index in [4.69, 9.17) is 12.2 Å². The van der Waals surface area contributed by atoms with Crippen molar-refractivity contribution in [2.75, 3.05) is 5.32 Å². The molecule has 4 nitrogen and oxygen atoms in total. The van der Waals surface area contributed by atoms with Gasteiger partial charge in [-0.25, -0.2) is 9.37 Å². The first-order valence-electron chi connectivity index (χ1n) is 8.53. The Morgan fingerprint density at radius 3 is 2.62 bits per heavy atom. The average molecular weight is 486 g/mol. The number of hydrogen-bond acceptors (Lipinski definition) is 4. The first kappa shape index (κ1) is 19.6. The molecule has 0 aliphatic heterocycles. The van der Waals surface area contributed by atoms with Crippen LogP contribution in [0.4, 0.5) is 10.1 Å². The Bertz CT molecular complexity index is 1210. The number of fused-ring (bicyclic) bond motifs is 1. The quantitative estimate of drug-likeness (QED) is 0.349. The van der Waals surface area contributed by atoms with Crippen LogP contribution < -0.4 is 10.6 Å². The predicted octanol–water partition coefficient (Wildman–Crippen LogP) is 5.99. The highest BCUT2D eigenvalue weighted by atomic mass is 79.9. The number of para-hydroxylation sites is 1. The molecule has 1 aromatic heterocycles. The van der Waals surface area contributed by atoms with E-state index in [9.17, 15) is 9.18 Å². The van der Waals surface area contributed by atoms with Crippen molar-refractivity contribution in [3.8, 4) is 10.6 Å². The van der Waals surface area contributed by atoms with E-state index in [1.54, 1.807) is 17.4 Å². The number of benzene rings is 3. The third-order valence-corrected chi connectivity index (χ3v) is 5.87. The standard InChI is InChI=1S/C21H13BrFN3OS2/c22-12-9-10-16(14(11-12)20-24-17-7-3-4-8-18(17)29-20)25-21(28)26-19(27)13-5-1-2-6-15(13)23/h1-11H,(H2,25,26,27,28). The molecule has 0 aliphatic rings. The van der Waals surface area contributed by atoms with E-state index in [-0.39, 0.29) is 10.7 Å². The number of carbonyl (C=O) groups is 1. The molecule has 2 N–H and O–H groups in total. The molecular weight excluding hydrogens is 473 g/mol. The van der Waals surface area contributed by atoms with Gasteiger partial charge in [-0.3, -0.25) is 10.1 Å². The Hall–Kier alpha value is -2.68. The van der Waals surface area contributed by atoms with Crippen LogP contribution in [0.2, 0.25) is 0 Å². The SMILES string of the molecule is O=C(NC(=S)Nc1ccc(Br)cc1-c1nc2ccccc2s1)c1ccccc1F. The van der Waals surface area contributed by atoms with Crippen molar-refractivity contribution in [1.82, 2.24) is 10.3 Å². The molecule has 144 valence electrons. The van der Waals surface area contributed by atoms with Crippen LogP contribution in [0.25, 0.3) is 20.8 Å². The Balaban J connectivity index is 1.60. The summed E-state index contributed by atoms with van der Waals surface area (Å²) in [5, 5.41) is 6.43. The maximum Gasteiger partial charge on any atom is 0.260 e. The summed E-state index contributed by atoms with van der Waals surface area (Å²) in [5.74, 6) is -1.22. The number of aromatic nitrogens is 1. The van der Waals surface area contributed by atoms with E-state index >= 15 is 0 Å². The van der Waals surface area contributed by atoms with Gasteiger partial charge in [0.25, 0.3) is 5.91 Å². The van der Waals surface area contributed by atoms with Crippen LogP contribution in [0.3, 0.4) is 0 Å². The Morgan fingerprint density at radius 1 is 1.07 bits per heavy atom. The highest BCUT2D eigenvalue weighted by molar-refractivity contribution is 9.10. The largest absolute Gasteiger partial charge is 0.332 e. The molecule has 0 saturated carbocycles. The van der Waals surface area contributed by atoms with Gasteiger partial charge in [0.2, 0.25) is 0 Å². The van der Waals surface area contributed by atoms with Gasteiger partial charge in [-0.1, -0.05) is 40.2 Å². The number of rotatable bonds is 3. The molecule has 0 radical (unpaired) electrons. The van der Waals surface area contributed by atoms with E-state index in [1.807, 2.05) is 42.5 Å². The topological polar surface area (TPSA) is 54.0 Å². The van der Waals surface area contributed by atoms with Crippen molar-refractivity contribution in [2.45, 2.75) is 0 Å². The minimum atomic E-state index is -0.612. The van der Waals surface area contributed by atoms with Crippen LogP contribution in [0.1, 0.15) is 10.4 Å². The molecular formula is C21H13BrFN3OS2. The number of anilines is 1. The molecule has 4 aromatic rings. The van der Waals surface area contributed by atoms with Crippen LogP contribution in [0.15, 0.2) is 71.2 Å². The van der Waals surface area contributed by atoms with E-state index < -0.39 is 11.7 Å². The Labute approximate surface area is 183 Å². The fourth-order valence-electron chi connectivity index (χ4n) is 2.76. The van der Waals surface area contributed by atoms with Gasteiger partial charge in [0.15, 0.2) is 5.11 Å². The number of nitrogens with zero attached hydrogens (tertiary/aromatic N) is 1. The van der Waals surface area contributed by atoms with E-state index in [0.29, 0.717) is 5.69 Å². The summed E-state index contributed by atoms with van der Waals surface area (Å²) in [6.45, 7) is 0. The second kappa shape index (κ2) is 8.36. The third kappa shape index (κ3) is 4.34. The molecule has 0 bridgehead atoms. The first-order valence-corrected chi connectivity index (χ1v) is 10.6. The second-order valence-corrected chi connectivity index (χ2v) is 8.42. The Kier molecular flexibility index (Phi) is 5.66. The fraction of sp³-hybridized carbons (Fsp3) is 0. The molecule has 0 saturated heterocycles. The predicted molar refractivity (Wildman–Crippen MR) is 123 cm³/mol. The Morgan fingerprint density at radius 2 is 1.83 bits per heavy atom. The maximum atomic E-state index is 13.8. The zero-order valence-corrected chi connectivity index (χ0v) is 18.0. The number of hydrogen-bond donors (Lipinski definition) is 2. The lowest BCUT2D eigenvalue weighted by atomic mass is 10.2. The van der Waals surface area contributed by atoms with E-state index in [2.05, 4.69) is 31.5 Å². The molecule has 1 heterocycles. The molecule has 3 aromatic carbocycles. The summed E-state index contributed by atoms with van der Waals surface area (Å²) < 4.78 is 15.8. The van der Waals surface area contributed by atoms with Crippen molar-refractivity contribution >= 4 is 66.4 Å². The number of nitrogens with one attached hydrogen (secondary N) is 2. The summed E-state index contributed by atoms with van der Waals surface area (Å²) in [5.41, 5.74) is 2.36. The first-order chi connectivity index (χ1) is 14.0. The monoisotopic (exact) mass is 485 g/mol. The van der Waals surface area contributed by atoms with Gasteiger partial charge in [0.1, 0.15) is 10.8 Å². The molecule has 0 fully saturated rings. The van der Waals surface area contributed by atoms with Crippen molar-refractivity contribution in [3.63, 3.8) is 0 Å². The molecule has 8 heteroatoms. The maximum absolute atomic E-state index is 13.8. The molecule has 4 rings (SSSR count). The van der Waals surface area contributed by atoms with E-state index in [0.717, 1.165) is 25.3 Å². The second-order valence-electron chi connectivity index (χ2n) is 6.06. The zero-order chi connectivity index (χ0) is 20.4. The highest BCUT2D eigenvalue weighted by Crippen LogP contribution is 2.36. The van der Waals surface area contributed by atoms with Gasteiger partial charge < -0.3 is 5.32 Å². The number of halogens is 2. The summed E-state index contributed by atoms with van der Waals surface area (Å²) in [6.07, 6.45) is 0. The van der Waals surface area contributed by atoms with Crippen LogP contribution in [-0.2, 0) is 0 Å². The van der Waals surface area contributed by atoms with Crippen molar-refractivity contribution in [2.24, 2.45) is 0 Å². The van der Waals surface area contributed by atoms with Gasteiger partial charge in [-0.2, -0.15) is 0 Å². The van der Waals surface area contributed by atoms with Gasteiger partial charge in [0, 0.05) is 10.0 Å². The number of thiocarbonyl (C=S) groups is 1. The lowest BCUT2D eigenvalue weighted by Crippen LogP contribution is -2.34. The van der Waals surface area contributed by atoms with Crippen LogP contribution >= 0.6 is 39.5 Å². The summed E-state index contributed by atoms with van der Waals surface area (Å²) in [7, 11) is 0. The molecule has 0 aliphatic carbocycles. The van der Waals surface area contributed by atoms with Gasteiger partial charge >= 0.3 is 0 Å². The van der Waals surface area contributed by atoms with Crippen LogP contribution in [0.5, 0.6) is 0 Å². The number of amides is 1. The van der Waals surface area contributed by atoms with Gasteiger partial charge in [0.05, 0.1) is 21.5 Å². The average Bonchev–Trinajstić information content (AvgIpc) is 3.13. The summed E-state index contributed by atoms with van der Waals surface area (Å²) >= 11 is 10.3.